The highest BCUT2D eigenvalue weighted by atomic mass is 32.1. The third-order valence-corrected chi connectivity index (χ3v) is 3.97. The molecule has 0 spiro atoms. The fourth-order valence-electron chi connectivity index (χ4n) is 1.87. The van der Waals surface area contributed by atoms with E-state index in [1.54, 1.807) is 11.4 Å². The van der Waals surface area contributed by atoms with Gasteiger partial charge in [0, 0.05) is 0 Å². The molecule has 0 aliphatic carbocycles. The van der Waals surface area contributed by atoms with Crippen LogP contribution >= 0.6 is 11.3 Å². The molecule has 1 heterocycles. The quantitative estimate of drug-likeness (QED) is 0.908. The van der Waals surface area contributed by atoms with Crippen molar-refractivity contribution in [3.05, 3.63) is 51.2 Å². The standard InChI is InChI=1S/C15H15NO3S/c1-9-3-4-11(7-10(9)2)8-13(17)16-12-5-6-20-14(12)15(18)19/h3-7H,8H2,1-2H3,(H,16,17)(H,18,19). The van der Waals surface area contributed by atoms with Crippen molar-refractivity contribution >= 4 is 28.9 Å². The van der Waals surface area contributed by atoms with Crippen LogP contribution in [-0.4, -0.2) is 17.0 Å². The van der Waals surface area contributed by atoms with Crippen LogP contribution < -0.4 is 5.32 Å². The Labute approximate surface area is 121 Å². The van der Waals surface area contributed by atoms with E-state index in [4.69, 9.17) is 5.11 Å². The van der Waals surface area contributed by atoms with Gasteiger partial charge in [-0.15, -0.1) is 11.3 Å². The third kappa shape index (κ3) is 3.24. The lowest BCUT2D eigenvalue weighted by atomic mass is 10.0. The Hall–Kier alpha value is -2.14. The maximum absolute atomic E-state index is 12.0. The van der Waals surface area contributed by atoms with Gasteiger partial charge >= 0.3 is 5.97 Å². The zero-order chi connectivity index (χ0) is 14.7. The second-order valence-electron chi connectivity index (χ2n) is 4.61. The Balaban J connectivity index is 2.07. The van der Waals surface area contributed by atoms with Gasteiger partial charge in [0.2, 0.25) is 5.91 Å². The molecule has 0 atom stereocenters. The van der Waals surface area contributed by atoms with Crippen LogP contribution in [0.4, 0.5) is 5.69 Å². The van der Waals surface area contributed by atoms with Crippen molar-refractivity contribution in [3.63, 3.8) is 0 Å². The number of rotatable bonds is 4. The van der Waals surface area contributed by atoms with E-state index in [0.717, 1.165) is 22.5 Å². The molecular formula is C15H15NO3S. The summed E-state index contributed by atoms with van der Waals surface area (Å²) in [4.78, 5) is 23.1. The van der Waals surface area contributed by atoms with Crippen LogP contribution in [0.1, 0.15) is 26.4 Å². The Morgan fingerprint density at radius 2 is 1.95 bits per heavy atom. The van der Waals surface area contributed by atoms with Crippen molar-refractivity contribution in [2.24, 2.45) is 0 Å². The van der Waals surface area contributed by atoms with Gasteiger partial charge in [0.05, 0.1) is 12.1 Å². The summed E-state index contributed by atoms with van der Waals surface area (Å²) >= 11 is 1.10. The smallest absolute Gasteiger partial charge is 0.348 e. The van der Waals surface area contributed by atoms with Crippen LogP contribution in [0.15, 0.2) is 29.6 Å². The van der Waals surface area contributed by atoms with E-state index in [0.29, 0.717) is 5.69 Å². The average molecular weight is 289 g/mol. The summed E-state index contributed by atoms with van der Waals surface area (Å²) in [6.45, 7) is 4.02. The number of nitrogens with one attached hydrogen (secondary N) is 1. The van der Waals surface area contributed by atoms with E-state index in [1.165, 1.54) is 5.56 Å². The molecule has 0 bridgehead atoms. The fraction of sp³-hybridized carbons (Fsp3) is 0.200. The highest BCUT2D eigenvalue weighted by Crippen LogP contribution is 2.22. The van der Waals surface area contributed by atoms with Crippen molar-refractivity contribution < 1.29 is 14.7 Å². The molecule has 1 aromatic heterocycles. The average Bonchev–Trinajstić information content (AvgIpc) is 2.82. The van der Waals surface area contributed by atoms with Gasteiger partial charge in [-0.2, -0.15) is 0 Å². The molecule has 0 aliphatic rings. The molecule has 0 radical (unpaired) electrons. The van der Waals surface area contributed by atoms with Gasteiger partial charge in [0.1, 0.15) is 4.88 Å². The van der Waals surface area contributed by atoms with Crippen molar-refractivity contribution in [3.8, 4) is 0 Å². The Morgan fingerprint density at radius 1 is 1.20 bits per heavy atom. The number of aryl methyl sites for hydroxylation is 2. The number of hydrogen-bond donors (Lipinski definition) is 2. The minimum absolute atomic E-state index is 0.151. The molecule has 0 unspecified atom stereocenters. The summed E-state index contributed by atoms with van der Waals surface area (Å²) in [5, 5.41) is 13.3. The first-order chi connectivity index (χ1) is 9.47. The third-order valence-electron chi connectivity index (χ3n) is 3.07. The molecule has 5 heteroatoms. The van der Waals surface area contributed by atoms with Crippen LogP contribution in [0, 0.1) is 13.8 Å². The molecule has 0 saturated heterocycles. The van der Waals surface area contributed by atoms with E-state index < -0.39 is 5.97 Å². The summed E-state index contributed by atoms with van der Waals surface area (Å²) in [6, 6.07) is 7.46. The van der Waals surface area contributed by atoms with Crippen LogP contribution in [-0.2, 0) is 11.2 Å². The lowest BCUT2D eigenvalue weighted by Crippen LogP contribution is -2.15. The minimum Gasteiger partial charge on any atom is -0.477 e. The van der Waals surface area contributed by atoms with Crippen LogP contribution in [0.3, 0.4) is 0 Å². The lowest BCUT2D eigenvalue weighted by molar-refractivity contribution is -0.115. The number of benzene rings is 1. The number of carboxylic acid groups (broad SMARTS) is 1. The topological polar surface area (TPSA) is 66.4 Å². The fourth-order valence-corrected chi connectivity index (χ4v) is 2.55. The highest BCUT2D eigenvalue weighted by molar-refractivity contribution is 7.12. The first kappa shape index (κ1) is 14.3. The van der Waals surface area contributed by atoms with E-state index in [1.807, 2.05) is 32.0 Å². The van der Waals surface area contributed by atoms with Gasteiger partial charge in [0.15, 0.2) is 0 Å². The number of hydrogen-bond acceptors (Lipinski definition) is 3. The Bertz CT molecular complexity index is 661. The summed E-state index contributed by atoms with van der Waals surface area (Å²) in [5.74, 6) is -1.24. The number of amides is 1. The van der Waals surface area contributed by atoms with E-state index in [-0.39, 0.29) is 17.2 Å². The zero-order valence-electron chi connectivity index (χ0n) is 11.3. The second-order valence-corrected chi connectivity index (χ2v) is 5.53. The summed E-state index contributed by atoms with van der Waals surface area (Å²) in [7, 11) is 0. The monoisotopic (exact) mass is 289 g/mol. The number of carboxylic acids is 1. The molecule has 104 valence electrons. The van der Waals surface area contributed by atoms with Gasteiger partial charge in [-0.25, -0.2) is 4.79 Å². The molecule has 2 rings (SSSR count). The highest BCUT2D eigenvalue weighted by Gasteiger charge is 2.14. The van der Waals surface area contributed by atoms with Crippen LogP contribution in [0.25, 0.3) is 0 Å². The van der Waals surface area contributed by atoms with Crippen LogP contribution in [0.5, 0.6) is 0 Å². The maximum Gasteiger partial charge on any atom is 0.348 e. The minimum atomic E-state index is -1.03. The molecule has 4 nitrogen and oxygen atoms in total. The second kappa shape index (κ2) is 5.88. The molecule has 0 aliphatic heterocycles. The molecule has 1 amide bonds. The molecule has 2 N–H and O–H groups in total. The van der Waals surface area contributed by atoms with Gasteiger partial charge in [-0.3, -0.25) is 4.79 Å². The van der Waals surface area contributed by atoms with Crippen molar-refractivity contribution in [1.29, 1.82) is 0 Å². The molecule has 0 fully saturated rings. The summed E-state index contributed by atoms with van der Waals surface area (Å²) in [6.07, 6.45) is 0.232. The SMILES string of the molecule is Cc1ccc(CC(=O)Nc2ccsc2C(=O)O)cc1C. The first-order valence-electron chi connectivity index (χ1n) is 6.14. The lowest BCUT2D eigenvalue weighted by Gasteiger charge is -2.06. The molecular weight excluding hydrogens is 274 g/mol. The van der Waals surface area contributed by atoms with Gasteiger partial charge in [-0.1, -0.05) is 18.2 Å². The molecule has 0 saturated carbocycles. The first-order valence-corrected chi connectivity index (χ1v) is 7.02. The predicted molar refractivity (Wildman–Crippen MR) is 79.5 cm³/mol. The normalized spacial score (nSPS) is 10.3. The summed E-state index contributed by atoms with van der Waals surface area (Å²) < 4.78 is 0. The van der Waals surface area contributed by atoms with Gasteiger partial charge in [0.25, 0.3) is 0 Å². The number of anilines is 1. The number of thiophene rings is 1. The van der Waals surface area contributed by atoms with E-state index in [2.05, 4.69) is 5.32 Å². The largest absolute Gasteiger partial charge is 0.477 e. The molecule has 1 aromatic carbocycles. The number of aromatic carboxylic acids is 1. The maximum atomic E-state index is 12.0. The zero-order valence-corrected chi connectivity index (χ0v) is 12.1. The van der Waals surface area contributed by atoms with E-state index >= 15 is 0 Å². The summed E-state index contributed by atoms with van der Waals surface area (Å²) in [5.41, 5.74) is 3.59. The van der Waals surface area contributed by atoms with Gasteiger partial charge in [-0.05, 0) is 42.0 Å². The van der Waals surface area contributed by atoms with E-state index in [9.17, 15) is 9.59 Å². The van der Waals surface area contributed by atoms with Crippen LogP contribution in [0.2, 0.25) is 0 Å². The Morgan fingerprint density at radius 3 is 2.60 bits per heavy atom. The predicted octanol–water partition coefficient (Wildman–Crippen LogP) is 3.24. The Kier molecular flexibility index (Phi) is 4.20. The number of carbonyl (C=O) groups is 2. The van der Waals surface area contributed by atoms with Crippen molar-refractivity contribution in [1.82, 2.24) is 0 Å². The number of carbonyl (C=O) groups excluding carboxylic acids is 1. The van der Waals surface area contributed by atoms with Crippen molar-refractivity contribution in [2.75, 3.05) is 5.32 Å². The molecule has 20 heavy (non-hydrogen) atoms. The molecule has 2 aromatic rings. The van der Waals surface area contributed by atoms with Gasteiger partial charge < -0.3 is 10.4 Å². The van der Waals surface area contributed by atoms with Crippen molar-refractivity contribution in [2.45, 2.75) is 20.3 Å².